The van der Waals surface area contributed by atoms with Gasteiger partial charge >= 0.3 is 13.4 Å². The fourth-order valence-electron chi connectivity index (χ4n) is 1.15. The lowest BCUT2D eigenvalue weighted by Crippen LogP contribution is -2.53. The SMILES string of the molecule is CNC1(NC)C=C[N+](C#N)=CC1.F[B-](F)(F)F. The molecule has 0 radical (unpaired) electrons. The van der Waals surface area contributed by atoms with Crippen LogP contribution >= 0.6 is 0 Å². The fourth-order valence-corrected chi connectivity index (χ4v) is 1.15. The van der Waals surface area contributed by atoms with Crippen LogP contribution in [0.5, 0.6) is 0 Å². The van der Waals surface area contributed by atoms with Gasteiger partial charge in [-0.1, -0.05) is 0 Å². The molecule has 0 aromatic carbocycles. The Balaban J connectivity index is 0.000000437. The molecule has 9 heteroatoms. The number of hydrogen-bond acceptors (Lipinski definition) is 3. The van der Waals surface area contributed by atoms with Gasteiger partial charge in [-0.25, -0.2) is 0 Å². The zero-order chi connectivity index (χ0) is 13.5. The predicted octanol–water partition coefficient (Wildman–Crippen LogP) is 0.903. The molecule has 0 aromatic rings. The molecular formula is C8H13BF4N4. The third kappa shape index (κ3) is 6.70. The Bertz CT molecular complexity index is 334. The maximum absolute atomic E-state index is 9.75. The zero-order valence-corrected chi connectivity index (χ0v) is 9.42. The van der Waals surface area contributed by atoms with E-state index in [1.165, 1.54) is 4.58 Å². The van der Waals surface area contributed by atoms with E-state index in [1.807, 2.05) is 32.6 Å². The lowest BCUT2D eigenvalue weighted by molar-refractivity contribution is -0.357. The van der Waals surface area contributed by atoms with Gasteiger partial charge in [0.05, 0.1) is 11.9 Å². The summed E-state index contributed by atoms with van der Waals surface area (Å²) in [6, 6.07) is 0. The summed E-state index contributed by atoms with van der Waals surface area (Å²) < 4.78 is 40.5. The minimum Gasteiger partial charge on any atom is -0.418 e. The van der Waals surface area contributed by atoms with Crippen molar-refractivity contribution in [1.29, 1.82) is 5.26 Å². The Labute approximate surface area is 96.7 Å². The van der Waals surface area contributed by atoms with Gasteiger partial charge in [0.1, 0.15) is 6.20 Å². The van der Waals surface area contributed by atoms with Gasteiger partial charge in [-0.15, -0.1) is 0 Å². The van der Waals surface area contributed by atoms with Crippen LogP contribution in [0.2, 0.25) is 0 Å². The second-order valence-corrected chi connectivity index (χ2v) is 3.18. The Morgan fingerprint density at radius 2 is 1.76 bits per heavy atom. The van der Waals surface area contributed by atoms with Gasteiger partial charge in [0.25, 0.3) is 0 Å². The summed E-state index contributed by atoms with van der Waals surface area (Å²) in [5.74, 6) is 0. The Hall–Kier alpha value is -1.40. The maximum atomic E-state index is 9.75. The van der Waals surface area contributed by atoms with Crippen molar-refractivity contribution in [3.63, 3.8) is 0 Å². The molecule has 0 unspecified atom stereocenters. The highest BCUT2D eigenvalue weighted by atomic mass is 19.5. The summed E-state index contributed by atoms with van der Waals surface area (Å²) in [5.41, 5.74) is -0.187. The van der Waals surface area contributed by atoms with Crippen LogP contribution < -0.4 is 10.6 Å². The normalized spacial score (nSPS) is 17.6. The number of nitrogens with zero attached hydrogens (tertiary/aromatic N) is 2. The fraction of sp³-hybridized carbons (Fsp3) is 0.500. The Morgan fingerprint density at radius 1 is 1.29 bits per heavy atom. The van der Waals surface area contributed by atoms with E-state index in [0.29, 0.717) is 0 Å². The van der Waals surface area contributed by atoms with Crippen molar-refractivity contribution in [3.05, 3.63) is 12.3 Å². The molecule has 0 fully saturated rings. The molecule has 96 valence electrons. The van der Waals surface area contributed by atoms with Crippen LogP contribution in [0.25, 0.3) is 0 Å². The molecule has 1 heterocycles. The molecule has 0 spiro atoms. The summed E-state index contributed by atoms with van der Waals surface area (Å²) in [6.45, 7) is 0. The molecule has 0 aromatic heterocycles. The van der Waals surface area contributed by atoms with Crippen LogP contribution in [-0.4, -0.2) is 37.8 Å². The van der Waals surface area contributed by atoms with Gasteiger partial charge in [-0.05, 0) is 20.2 Å². The van der Waals surface area contributed by atoms with E-state index in [4.69, 9.17) is 5.26 Å². The van der Waals surface area contributed by atoms with Crippen molar-refractivity contribution in [1.82, 2.24) is 10.6 Å². The van der Waals surface area contributed by atoms with Crippen molar-refractivity contribution < 1.29 is 21.8 Å². The van der Waals surface area contributed by atoms with E-state index in [9.17, 15) is 17.3 Å². The van der Waals surface area contributed by atoms with E-state index >= 15 is 0 Å². The highest BCUT2D eigenvalue weighted by molar-refractivity contribution is 6.50. The number of nitrogens with one attached hydrogen (secondary N) is 2. The van der Waals surface area contributed by atoms with Gasteiger partial charge in [0, 0.05) is 6.42 Å². The predicted molar refractivity (Wildman–Crippen MR) is 56.7 cm³/mol. The summed E-state index contributed by atoms with van der Waals surface area (Å²) in [5, 5.41) is 14.9. The van der Waals surface area contributed by atoms with Crippen LogP contribution in [0, 0.1) is 11.5 Å². The van der Waals surface area contributed by atoms with Gasteiger partial charge in [0.15, 0.2) is 5.26 Å². The first-order chi connectivity index (χ1) is 7.76. The minimum atomic E-state index is -6.00. The highest BCUT2D eigenvalue weighted by Gasteiger charge is 2.25. The van der Waals surface area contributed by atoms with Gasteiger partial charge < -0.3 is 17.3 Å². The third-order valence-electron chi connectivity index (χ3n) is 2.14. The molecular weight excluding hydrogens is 239 g/mol. The van der Waals surface area contributed by atoms with Crippen LogP contribution in [0.15, 0.2) is 12.3 Å². The van der Waals surface area contributed by atoms with E-state index in [0.717, 1.165) is 6.42 Å². The van der Waals surface area contributed by atoms with Crippen molar-refractivity contribution in [3.8, 4) is 6.19 Å². The lowest BCUT2D eigenvalue weighted by atomic mass is 10.1. The van der Waals surface area contributed by atoms with Crippen LogP contribution in [0.3, 0.4) is 0 Å². The molecule has 17 heavy (non-hydrogen) atoms. The summed E-state index contributed by atoms with van der Waals surface area (Å²) >= 11 is 0. The largest absolute Gasteiger partial charge is 0.673 e. The smallest absolute Gasteiger partial charge is 0.418 e. The van der Waals surface area contributed by atoms with E-state index in [2.05, 4.69) is 10.6 Å². The Morgan fingerprint density at radius 3 is 2.00 bits per heavy atom. The molecule has 0 saturated carbocycles. The Kier molecular flexibility index (Phi) is 5.84. The quantitative estimate of drug-likeness (QED) is 0.252. The number of likely N-dealkylation sites (N-methyl/N-ethyl adjacent to an activating group) is 2. The van der Waals surface area contributed by atoms with Crippen molar-refractivity contribution in [2.75, 3.05) is 14.1 Å². The number of halogens is 4. The van der Waals surface area contributed by atoms with Crippen molar-refractivity contribution >= 4 is 13.5 Å². The molecule has 0 bridgehead atoms. The van der Waals surface area contributed by atoms with E-state index in [1.54, 1.807) is 6.20 Å². The van der Waals surface area contributed by atoms with E-state index in [-0.39, 0.29) is 5.66 Å². The molecule has 1 aliphatic heterocycles. The van der Waals surface area contributed by atoms with Crippen LogP contribution in [0.4, 0.5) is 17.3 Å². The number of nitriles is 1. The van der Waals surface area contributed by atoms with Gasteiger partial charge in [-0.3, -0.25) is 10.6 Å². The highest BCUT2D eigenvalue weighted by Crippen LogP contribution is 2.09. The van der Waals surface area contributed by atoms with Gasteiger partial charge in [0.2, 0.25) is 0 Å². The first-order valence-corrected chi connectivity index (χ1v) is 4.72. The maximum Gasteiger partial charge on any atom is 0.673 e. The second kappa shape index (κ2) is 6.37. The average molecular weight is 252 g/mol. The van der Waals surface area contributed by atoms with E-state index < -0.39 is 7.25 Å². The topological polar surface area (TPSA) is 50.9 Å². The molecule has 1 aliphatic rings. The average Bonchev–Trinajstić information content (AvgIpc) is 2.27. The van der Waals surface area contributed by atoms with Crippen LogP contribution in [-0.2, 0) is 0 Å². The molecule has 1 rings (SSSR count). The molecule has 0 aliphatic carbocycles. The van der Waals surface area contributed by atoms with Crippen molar-refractivity contribution in [2.24, 2.45) is 0 Å². The van der Waals surface area contributed by atoms with Crippen molar-refractivity contribution in [2.45, 2.75) is 12.1 Å². The lowest BCUT2D eigenvalue weighted by Gasteiger charge is -2.29. The molecule has 0 amide bonds. The minimum absolute atomic E-state index is 0.187. The molecule has 0 saturated heterocycles. The second-order valence-electron chi connectivity index (χ2n) is 3.18. The number of hydrogen-bond donors (Lipinski definition) is 2. The standard InChI is InChI=1S/C8H13N4.BF4/c1-10-8(11-2)3-5-12(7-9)6-4-8;2-1(3,4)5/h3,5-6,10-11H,4H2,1-2H3;/q+1;-1. The monoisotopic (exact) mass is 252 g/mol. The molecule has 2 N–H and O–H groups in total. The van der Waals surface area contributed by atoms with Crippen LogP contribution in [0.1, 0.15) is 6.42 Å². The zero-order valence-electron chi connectivity index (χ0n) is 9.42. The first-order valence-electron chi connectivity index (χ1n) is 4.72. The number of rotatable bonds is 2. The van der Waals surface area contributed by atoms with Gasteiger partial charge in [-0.2, -0.15) is 4.58 Å². The third-order valence-corrected chi connectivity index (χ3v) is 2.14. The molecule has 4 nitrogen and oxygen atoms in total. The summed E-state index contributed by atoms with van der Waals surface area (Å²) in [4.78, 5) is 0. The molecule has 0 atom stereocenters. The summed E-state index contributed by atoms with van der Waals surface area (Å²) in [7, 11) is -2.23. The summed E-state index contributed by atoms with van der Waals surface area (Å²) in [6.07, 6.45) is 8.32. The first kappa shape index (κ1) is 15.6.